The van der Waals surface area contributed by atoms with Gasteiger partial charge in [0, 0.05) is 19.3 Å². The van der Waals surface area contributed by atoms with Gasteiger partial charge in [-0.15, -0.1) is 0 Å². The number of aromatic carboxylic acids is 1. The quantitative estimate of drug-likeness (QED) is 0.792. The molecule has 0 radical (unpaired) electrons. The number of carbonyl (C=O) groups excluding carboxylic acids is 1. The molecular formula is C14H14N4O3. The monoisotopic (exact) mass is 286 g/mol. The van der Waals surface area contributed by atoms with Gasteiger partial charge in [-0.2, -0.15) is 0 Å². The van der Waals surface area contributed by atoms with Crippen LogP contribution in [0.25, 0.3) is 0 Å². The minimum atomic E-state index is -0.958. The summed E-state index contributed by atoms with van der Waals surface area (Å²) in [5, 5.41) is 11.8. The van der Waals surface area contributed by atoms with Crippen LogP contribution in [0.3, 0.4) is 0 Å². The van der Waals surface area contributed by atoms with Gasteiger partial charge < -0.3 is 20.3 Å². The first-order valence-electron chi connectivity index (χ1n) is 6.48. The van der Waals surface area contributed by atoms with Crippen molar-refractivity contribution in [2.45, 2.75) is 19.6 Å². The minimum absolute atomic E-state index is 0.183. The van der Waals surface area contributed by atoms with Crippen LogP contribution in [0.2, 0.25) is 0 Å². The summed E-state index contributed by atoms with van der Waals surface area (Å²) in [7, 11) is 0. The van der Waals surface area contributed by atoms with E-state index in [1.807, 2.05) is 0 Å². The van der Waals surface area contributed by atoms with E-state index in [4.69, 9.17) is 5.11 Å². The normalized spacial score (nSPS) is 13.0. The van der Waals surface area contributed by atoms with Crippen molar-refractivity contribution in [3.63, 3.8) is 0 Å². The second-order valence-corrected chi connectivity index (χ2v) is 4.88. The molecule has 1 aliphatic rings. The number of benzene rings is 1. The third kappa shape index (κ3) is 2.71. The van der Waals surface area contributed by atoms with E-state index in [-0.39, 0.29) is 11.6 Å². The lowest BCUT2D eigenvalue weighted by molar-refractivity contribution is 0.0696. The summed E-state index contributed by atoms with van der Waals surface area (Å²) in [4.78, 5) is 31.5. The van der Waals surface area contributed by atoms with Gasteiger partial charge in [0.1, 0.15) is 0 Å². The third-order valence-electron chi connectivity index (χ3n) is 3.45. The summed E-state index contributed by atoms with van der Waals surface area (Å²) < 4.78 is 0. The van der Waals surface area contributed by atoms with E-state index in [0.29, 0.717) is 19.6 Å². The Balaban J connectivity index is 1.64. The molecule has 21 heavy (non-hydrogen) atoms. The fourth-order valence-corrected chi connectivity index (χ4v) is 2.34. The average Bonchev–Trinajstić information content (AvgIpc) is 3.12. The highest BCUT2D eigenvalue weighted by molar-refractivity contribution is 5.88. The second kappa shape index (κ2) is 5.28. The molecular weight excluding hydrogens is 272 g/mol. The number of hydrogen-bond donors (Lipinski definition) is 3. The number of rotatable bonds is 3. The molecule has 2 amide bonds. The van der Waals surface area contributed by atoms with Crippen LogP contribution >= 0.6 is 0 Å². The van der Waals surface area contributed by atoms with E-state index in [1.165, 1.54) is 0 Å². The number of imidazole rings is 1. The lowest BCUT2D eigenvalue weighted by atomic mass is 10.1. The maximum Gasteiger partial charge on any atom is 0.335 e. The lowest BCUT2D eigenvalue weighted by Gasteiger charge is -2.15. The van der Waals surface area contributed by atoms with Crippen molar-refractivity contribution in [3.05, 3.63) is 53.1 Å². The van der Waals surface area contributed by atoms with Crippen molar-refractivity contribution in [1.29, 1.82) is 0 Å². The number of amides is 2. The molecule has 2 aromatic rings. The maximum atomic E-state index is 12.1. The molecule has 0 fully saturated rings. The van der Waals surface area contributed by atoms with E-state index >= 15 is 0 Å². The number of carboxylic acids is 1. The summed E-state index contributed by atoms with van der Waals surface area (Å²) in [5.74, 6) is -0.958. The summed E-state index contributed by atoms with van der Waals surface area (Å²) in [5.41, 5.74) is 2.94. The second-order valence-electron chi connectivity index (χ2n) is 4.88. The lowest BCUT2D eigenvalue weighted by Crippen LogP contribution is -2.36. The zero-order valence-corrected chi connectivity index (χ0v) is 11.2. The van der Waals surface area contributed by atoms with Gasteiger partial charge in [-0.3, -0.25) is 0 Å². The van der Waals surface area contributed by atoms with Crippen molar-refractivity contribution < 1.29 is 14.7 Å². The van der Waals surface area contributed by atoms with Gasteiger partial charge in [0.05, 0.1) is 24.1 Å². The van der Waals surface area contributed by atoms with Gasteiger partial charge in [-0.25, -0.2) is 14.6 Å². The predicted octanol–water partition coefficient (Wildman–Crippen LogP) is 1.33. The summed E-state index contributed by atoms with van der Waals surface area (Å²) in [6.45, 7) is 1.29. The van der Waals surface area contributed by atoms with Crippen LogP contribution in [-0.2, 0) is 19.6 Å². The van der Waals surface area contributed by atoms with Crippen molar-refractivity contribution in [2.24, 2.45) is 0 Å². The molecule has 0 unspecified atom stereocenters. The molecule has 2 heterocycles. The number of carboxylic acid groups (broad SMARTS) is 1. The number of fused-ring (bicyclic) bond motifs is 1. The molecule has 1 aliphatic heterocycles. The highest BCUT2D eigenvalue weighted by Gasteiger charge is 2.24. The summed E-state index contributed by atoms with van der Waals surface area (Å²) in [6.07, 6.45) is 3.21. The molecule has 0 spiro atoms. The Morgan fingerprint density at radius 1 is 1.33 bits per heavy atom. The van der Waals surface area contributed by atoms with E-state index < -0.39 is 5.97 Å². The number of aromatic nitrogens is 2. The van der Waals surface area contributed by atoms with Crippen LogP contribution in [-0.4, -0.2) is 32.0 Å². The largest absolute Gasteiger partial charge is 0.478 e. The summed E-state index contributed by atoms with van der Waals surface area (Å²) >= 11 is 0. The summed E-state index contributed by atoms with van der Waals surface area (Å²) in [6, 6.07) is 4.77. The van der Waals surface area contributed by atoms with E-state index in [0.717, 1.165) is 16.8 Å². The molecule has 1 aromatic carbocycles. The molecule has 7 nitrogen and oxygen atoms in total. The predicted molar refractivity (Wildman–Crippen MR) is 73.5 cm³/mol. The Morgan fingerprint density at radius 2 is 2.14 bits per heavy atom. The number of hydrogen-bond acceptors (Lipinski definition) is 3. The topological polar surface area (TPSA) is 98.3 Å². The first kappa shape index (κ1) is 13.2. The zero-order chi connectivity index (χ0) is 14.8. The number of nitrogens with one attached hydrogen (secondary N) is 2. The fourth-order valence-electron chi connectivity index (χ4n) is 2.34. The standard InChI is InChI=1S/C14H14N4O3/c19-13(20)9-1-2-10-6-18(7-11(10)3-9)14(21)16-5-12-4-15-8-17-12/h1-4,8H,5-7H2,(H,15,17)(H,16,21)(H,19,20). The van der Waals surface area contributed by atoms with Crippen molar-refractivity contribution in [2.75, 3.05) is 0 Å². The number of carbonyl (C=O) groups is 2. The molecule has 3 rings (SSSR count). The molecule has 1 aromatic heterocycles. The van der Waals surface area contributed by atoms with Gasteiger partial charge in [0.15, 0.2) is 0 Å². The Hall–Kier alpha value is -2.83. The average molecular weight is 286 g/mol. The smallest absolute Gasteiger partial charge is 0.335 e. The SMILES string of the molecule is O=C(O)c1ccc2c(c1)CN(C(=O)NCc1cnc[nH]1)C2. The number of H-pyrrole nitrogens is 1. The van der Waals surface area contributed by atoms with E-state index in [2.05, 4.69) is 15.3 Å². The minimum Gasteiger partial charge on any atom is -0.478 e. The molecule has 0 aliphatic carbocycles. The first-order valence-corrected chi connectivity index (χ1v) is 6.48. The van der Waals surface area contributed by atoms with Gasteiger partial charge in [-0.05, 0) is 23.3 Å². The Kier molecular flexibility index (Phi) is 3.31. The Morgan fingerprint density at radius 3 is 2.86 bits per heavy atom. The van der Waals surface area contributed by atoms with E-state index in [9.17, 15) is 9.59 Å². The highest BCUT2D eigenvalue weighted by atomic mass is 16.4. The Bertz CT molecular complexity index is 682. The van der Waals surface area contributed by atoms with Crippen molar-refractivity contribution >= 4 is 12.0 Å². The van der Waals surface area contributed by atoms with Crippen LogP contribution < -0.4 is 5.32 Å². The van der Waals surface area contributed by atoms with Crippen molar-refractivity contribution in [1.82, 2.24) is 20.2 Å². The highest BCUT2D eigenvalue weighted by Crippen LogP contribution is 2.23. The van der Waals surface area contributed by atoms with Crippen LogP contribution in [0.15, 0.2) is 30.7 Å². The van der Waals surface area contributed by atoms with Crippen LogP contribution in [0.5, 0.6) is 0 Å². The van der Waals surface area contributed by atoms with Gasteiger partial charge in [0.25, 0.3) is 0 Å². The van der Waals surface area contributed by atoms with Crippen molar-refractivity contribution in [3.8, 4) is 0 Å². The molecule has 0 bridgehead atoms. The van der Waals surface area contributed by atoms with Gasteiger partial charge >= 0.3 is 12.0 Å². The third-order valence-corrected chi connectivity index (χ3v) is 3.45. The maximum absolute atomic E-state index is 12.1. The number of urea groups is 1. The van der Waals surface area contributed by atoms with Gasteiger partial charge in [-0.1, -0.05) is 6.07 Å². The van der Waals surface area contributed by atoms with E-state index in [1.54, 1.807) is 35.6 Å². The van der Waals surface area contributed by atoms with Crippen LogP contribution in [0.4, 0.5) is 4.79 Å². The molecule has 7 heteroatoms. The number of aromatic amines is 1. The van der Waals surface area contributed by atoms with Crippen LogP contribution in [0.1, 0.15) is 27.2 Å². The zero-order valence-electron chi connectivity index (χ0n) is 11.2. The molecule has 3 N–H and O–H groups in total. The fraction of sp³-hybridized carbons (Fsp3) is 0.214. The molecule has 108 valence electrons. The van der Waals surface area contributed by atoms with Gasteiger partial charge in [0.2, 0.25) is 0 Å². The number of nitrogens with zero attached hydrogens (tertiary/aromatic N) is 2. The van der Waals surface area contributed by atoms with Crippen LogP contribution in [0, 0.1) is 0 Å². The molecule has 0 saturated heterocycles. The first-order chi connectivity index (χ1) is 10.1. The molecule has 0 saturated carbocycles. The molecule has 0 atom stereocenters. The Labute approximate surface area is 120 Å².